The monoisotopic (exact) mass is 429 g/mol. The summed E-state index contributed by atoms with van der Waals surface area (Å²) in [7, 11) is 3.16. The van der Waals surface area contributed by atoms with Crippen LogP contribution in [0, 0.1) is 0 Å². The molecule has 0 aliphatic rings. The summed E-state index contributed by atoms with van der Waals surface area (Å²) in [4.78, 5) is 23.8. The van der Waals surface area contributed by atoms with Crippen molar-refractivity contribution in [3.05, 3.63) is 64.4 Å². The number of hydrogen-bond acceptors (Lipinski definition) is 7. The lowest BCUT2D eigenvalue weighted by atomic mass is 10.1. The van der Waals surface area contributed by atoms with E-state index in [9.17, 15) is 4.79 Å². The Labute approximate surface area is 179 Å². The minimum Gasteiger partial charge on any atom is -0.493 e. The van der Waals surface area contributed by atoms with Gasteiger partial charge in [-0.1, -0.05) is 12.1 Å². The van der Waals surface area contributed by atoms with Crippen molar-refractivity contribution in [3.63, 3.8) is 0 Å². The minimum absolute atomic E-state index is 0.194. The van der Waals surface area contributed by atoms with Crippen molar-refractivity contribution in [2.45, 2.75) is 0 Å². The molecule has 0 aliphatic heterocycles. The maximum absolute atomic E-state index is 13.5. The van der Waals surface area contributed by atoms with Crippen LogP contribution in [0.4, 0.5) is 0 Å². The lowest BCUT2D eigenvalue weighted by Crippen LogP contribution is -2.14. The smallest absolute Gasteiger partial charge is 0.268 e. The highest BCUT2D eigenvalue weighted by Gasteiger charge is 2.22. The van der Waals surface area contributed by atoms with Crippen LogP contribution in [-0.4, -0.2) is 28.6 Å². The molecule has 0 saturated heterocycles. The molecule has 0 aliphatic carbocycles. The second kappa shape index (κ2) is 6.55. The number of hydrogen-bond donors (Lipinski definition) is 0. The number of furan rings is 1. The van der Waals surface area contributed by atoms with E-state index in [1.54, 1.807) is 26.5 Å². The van der Waals surface area contributed by atoms with Crippen molar-refractivity contribution in [1.82, 2.24) is 14.4 Å². The molecule has 31 heavy (non-hydrogen) atoms. The van der Waals surface area contributed by atoms with Crippen LogP contribution in [0.3, 0.4) is 0 Å². The summed E-state index contributed by atoms with van der Waals surface area (Å²) in [6, 6.07) is 13.2. The number of para-hydroxylation sites is 1. The van der Waals surface area contributed by atoms with Gasteiger partial charge in [0, 0.05) is 22.5 Å². The number of nitrogens with zero attached hydrogens (tertiary/aromatic N) is 3. The summed E-state index contributed by atoms with van der Waals surface area (Å²) in [5.74, 6) is 1.15. The number of pyridine rings is 1. The highest BCUT2D eigenvalue weighted by Crippen LogP contribution is 2.38. The average Bonchev–Trinajstić information content (AvgIpc) is 3.43. The van der Waals surface area contributed by atoms with Gasteiger partial charge < -0.3 is 13.9 Å². The zero-order valence-electron chi connectivity index (χ0n) is 16.6. The number of fused-ring (bicyclic) bond motifs is 6. The van der Waals surface area contributed by atoms with E-state index in [-0.39, 0.29) is 5.56 Å². The van der Waals surface area contributed by atoms with Gasteiger partial charge in [-0.15, -0.1) is 11.3 Å². The number of ether oxygens (including phenoxy) is 2. The summed E-state index contributed by atoms with van der Waals surface area (Å²) >= 11 is 1.40. The number of methoxy groups -OCH3 is 2. The van der Waals surface area contributed by atoms with Crippen molar-refractivity contribution in [2.75, 3.05) is 14.2 Å². The Balaban J connectivity index is 1.83. The first-order valence-electron chi connectivity index (χ1n) is 9.53. The van der Waals surface area contributed by atoms with Crippen LogP contribution in [0.5, 0.6) is 11.5 Å². The van der Waals surface area contributed by atoms with Gasteiger partial charge in [0.1, 0.15) is 16.6 Å². The van der Waals surface area contributed by atoms with Crippen molar-refractivity contribution in [3.8, 4) is 22.8 Å². The van der Waals surface area contributed by atoms with Gasteiger partial charge in [0.15, 0.2) is 22.0 Å². The van der Waals surface area contributed by atoms with E-state index in [1.807, 2.05) is 41.8 Å². The average molecular weight is 429 g/mol. The molecule has 8 heteroatoms. The van der Waals surface area contributed by atoms with Crippen LogP contribution < -0.4 is 15.0 Å². The minimum atomic E-state index is -0.194. The highest BCUT2D eigenvalue weighted by atomic mass is 32.1. The van der Waals surface area contributed by atoms with Crippen LogP contribution >= 0.6 is 11.3 Å². The molecule has 4 heterocycles. The first kappa shape index (κ1) is 17.9. The summed E-state index contributed by atoms with van der Waals surface area (Å²) in [5.41, 5.74) is 3.43. The Morgan fingerprint density at radius 2 is 1.84 bits per heavy atom. The summed E-state index contributed by atoms with van der Waals surface area (Å²) in [6.07, 6.45) is 1.72. The molecule has 0 bridgehead atoms. The lowest BCUT2D eigenvalue weighted by molar-refractivity contribution is 0.355. The van der Waals surface area contributed by atoms with Crippen LogP contribution in [0.1, 0.15) is 0 Å². The van der Waals surface area contributed by atoms with Crippen molar-refractivity contribution < 1.29 is 13.9 Å². The molecule has 0 spiro atoms. The quantitative estimate of drug-likeness (QED) is 0.399. The molecule has 4 aromatic heterocycles. The van der Waals surface area contributed by atoms with Crippen molar-refractivity contribution in [1.29, 1.82) is 0 Å². The molecule has 2 aromatic carbocycles. The number of benzene rings is 2. The van der Waals surface area contributed by atoms with Gasteiger partial charge >= 0.3 is 0 Å². The van der Waals surface area contributed by atoms with Gasteiger partial charge in [-0.05, 0) is 30.3 Å². The molecule has 0 atom stereocenters. The van der Waals surface area contributed by atoms with E-state index in [1.165, 1.54) is 15.7 Å². The Hall–Kier alpha value is -3.91. The number of thiazole rings is 1. The fourth-order valence-electron chi connectivity index (χ4n) is 3.92. The normalized spacial score (nSPS) is 11.7. The van der Waals surface area contributed by atoms with Crippen molar-refractivity contribution in [2.24, 2.45) is 0 Å². The van der Waals surface area contributed by atoms with Gasteiger partial charge in [-0.2, -0.15) is 0 Å². The molecule has 0 N–H and O–H groups in total. The molecule has 6 rings (SSSR count). The van der Waals surface area contributed by atoms with Crippen LogP contribution in [0.2, 0.25) is 0 Å². The van der Waals surface area contributed by atoms with Crippen molar-refractivity contribution >= 4 is 49.3 Å². The van der Waals surface area contributed by atoms with Gasteiger partial charge in [0.05, 0.1) is 25.3 Å². The predicted octanol–water partition coefficient (Wildman–Crippen LogP) is 4.89. The fraction of sp³-hybridized carbons (Fsp3) is 0.0870. The molecule has 0 saturated carbocycles. The van der Waals surface area contributed by atoms with E-state index >= 15 is 0 Å². The molecule has 152 valence electrons. The molecule has 7 nitrogen and oxygen atoms in total. The first-order valence-corrected chi connectivity index (χ1v) is 10.4. The standard InChI is InChI=1S/C23H15N3O4S/c1-28-15-8-7-12(11-16(15)29-2)18-17-20(25-23-26(22(17)27)9-10-31-23)21-19(24-18)13-5-3-4-6-14(13)30-21/h3-11H,1-2H3. The lowest BCUT2D eigenvalue weighted by Gasteiger charge is -2.11. The molecular formula is C23H15N3O4S. The van der Waals surface area contributed by atoms with Gasteiger partial charge in [0.2, 0.25) is 0 Å². The van der Waals surface area contributed by atoms with E-state index in [0.29, 0.717) is 49.7 Å². The second-order valence-electron chi connectivity index (χ2n) is 7.00. The summed E-state index contributed by atoms with van der Waals surface area (Å²) < 4.78 is 18.5. The van der Waals surface area contributed by atoms with Gasteiger partial charge in [-0.25, -0.2) is 9.97 Å². The molecule has 0 fully saturated rings. The van der Waals surface area contributed by atoms with E-state index in [2.05, 4.69) is 0 Å². The summed E-state index contributed by atoms with van der Waals surface area (Å²) in [6.45, 7) is 0. The van der Waals surface area contributed by atoms with Gasteiger partial charge in [0.25, 0.3) is 5.56 Å². The zero-order chi connectivity index (χ0) is 21.1. The van der Waals surface area contributed by atoms with Gasteiger partial charge in [-0.3, -0.25) is 9.20 Å². The molecule has 6 aromatic rings. The molecule has 0 amide bonds. The first-order chi connectivity index (χ1) is 15.2. The third kappa shape index (κ3) is 2.48. The maximum Gasteiger partial charge on any atom is 0.268 e. The SMILES string of the molecule is COc1ccc(-c2nc3c4ccccc4oc3c3nc4sccn4c(=O)c23)cc1OC. The third-order valence-electron chi connectivity index (χ3n) is 5.37. The van der Waals surface area contributed by atoms with Crippen LogP contribution in [0.15, 0.2) is 63.3 Å². The number of rotatable bonds is 3. The van der Waals surface area contributed by atoms with E-state index in [0.717, 1.165) is 10.9 Å². The highest BCUT2D eigenvalue weighted by molar-refractivity contribution is 7.15. The third-order valence-corrected chi connectivity index (χ3v) is 6.12. The van der Waals surface area contributed by atoms with Crippen LogP contribution in [0.25, 0.3) is 49.2 Å². The zero-order valence-corrected chi connectivity index (χ0v) is 17.4. The van der Waals surface area contributed by atoms with E-state index < -0.39 is 0 Å². The summed E-state index contributed by atoms with van der Waals surface area (Å²) in [5, 5.41) is 3.10. The molecule has 0 unspecified atom stereocenters. The Kier molecular flexibility index (Phi) is 3.78. The van der Waals surface area contributed by atoms with Crippen LogP contribution in [-0.2, 0) is 0 Å². The topological polar surface area (TPSA) is 78.9 Å². The maximum atomic E-state index is 13.5. The number of aromatic nitrogens is 3. The molecule has 0 radical (unpaired) electrons. The Bertz CT molecular complexity index is 1700. The fourth-order valence-corrected chi connectivity index (χ4v) is 4.63. The Morgan fingerprint density at radius 3 is 2.68 bits per heavy atom. The van der Waals surface area contributed by atoms with E-state index in [4.69, 9.17) is 23.9 Å². The Morgan fingerprint density at radius 1 is 1.00 bits per heavy atom. The second-order valence-corrected chi connectivity index (χ2v) is 7.88. The largest absolute Gasteiger partial charge is 0.493 e. The predicted molar refractivity (Wildman–Crippen MR) is 120 cm³/mol. The molecular weight excluding hydrogens is 414 g/mol.